The fourth-order valence-electron chi connectivity index (χ4n) is 3.48. The molecule has 0 bridgehead atoms. The Bertz CT molecular complexity index is 778. The van der Waals surface area contributed by atoms with E-state index in [-0.39, 0.29) is 5.88 Å². The van der Waals surface area contributed by atoms with Gasteiger partial charge in [0.15, 0.2) is 0 Å². The fraction of sp³-hybridized carbons (Fsp3) is 0.500. The molecule has 0 radical (unpaired) electrons. The van der Waals surface area contributed by atoms with Crippen molar-refractivity contribution >= 4 is 11.6 Å². The van der Waals surface area contributed by atoms with E-state index in [0.29, 0.717) is 12.5 Å². The van der Waals surface area contributed by atoms with Crippen molar-refractivity contribution in [3.05, 3.63) is 58.7 Å². The Balaban J connectivity index is 0.000000216. The molecule has 0 spiro atoms. The van der Waals surface area contributed by atoms with Crippen LogP contribution in [0.5, 0.6) is 11.5 Å². The largest absolute Gasteiger partial charge is 0.496 e. The lowest BCUT2D eigenvalue weighted by Gasteiger charge is -2.23. The average Bonchev–Trinajstić information content (AvgIpc) is 2.75. The van der Waals surface area contributed by atoms with Gasteiger partial charge in [-0.2, -0.15) is 0 Å². The standard InChI is InChI=1S/C13H19NO2.C11H15ClO2/c1-10-7-11(3-4-13(10)15-2)8-12-9-14-5-6-16-12;1-8-5-9(6-10(13)7-12)3-4-11(8)14-2/h3-4,7,12,14H,5-6,8-9H2,1-2H3;3-5,10,13H,6-7H2,1-2H3/t12-;10-/m11/s1. The normalized spacial score (nSPS) is 16.9. The summed E-state index contributed by atoms with van der Waals surface area (Å²) in [5, 5.41) is 12.7. The van der Waals surface area contributed by atoms with Gasteiger partial charge in [-0.15, -0.1) is 11.6 Å². The molecular weight excluding hydrogens is 402 g/mol. The zero-order valence-electron chi connectivity index (χ0n) is 18.4. The first-order chi connectivity index (χ1) is 14.5. The quantitative estimate of drug-likeness (QED) is 0.649. The summed E-state index contributed by atoms with van der Waals surface area (Å²) in [5.41, 5.74) is 4.65. The number of methoxy groups -OCH3 is 2. The number of alkyl halides is 1. The van der Waals surface area contributed by atoms with Gasteiger partial charge < -0.3 is 24.6 Å². The molecule has 1 saturated heterocycles. The number of aliphatic hydroxyl groups excluding tert-OH is 1. The van der Waals surface area contributed by atoms with Gasteiger partial charge in [-0.05, 0) is 61.1 Å². The van der Waals surface area contributed by atoms with Crippen LogP contribution in [-0.4, -0.2) is 57.1 Å². The molecule has 1 fully saturated rings. The van der Waals surface area contributed by atoms with Gasteiger partial charge in [0.05, 0.1) is 33.0 Å². The van der Waals surface area contributed by atoms with Crippen LogP contribution >= 0.6 is 11.6 Å². The summed E-state index contributed by atoms with van der Waals surface area (Å²) >= 11 is 5.53. The third kappa shape index (κ3) is 7.80. The van der Waals surface area contributed by atoms with Crippen molar-refractivity contribution in [2.24, 2.45) is 0 Å². The SMILES string of the molecule is COc1ccc(C[C@@H](O)CCl)cc1C.COc1ccc(C[C@@H]2CNCCO2)cc1C. The summed E-state index contributed by atoms with van der Waals surface area (Å²) in [4.78, 5) is 0. The minimum Gasteiger partial charge on any atom is -0.496 e. The zero-order valence-corrected chi connectivity index (χ0v) is 19.2. The summed E-state index contributed by atoms with van der Waals surface area (Å²) in [7, 11) is 3.35. The molecule has 1 heterocycles. The molecule has 0 saturated carbocycles. The van der Waals surface area contributed by atoms with Gasteiger partial charge in [0, 0.05) is 19.0 Å². The third-order valence-electron chi connectivity index (χ3n) is 5.04. The van der Waals surface area contributed by atoms with E-state index in [9.17, 15) is 5.11 Å². The van der Waals surface area contributed by atoms with E-state index in [0.717, 1.165) is 48.7 Å². The van der Waals surface area contributed by atoms with Crippen molar-refractivity contribution in [3.63, 3.8) is 0 Å². The smallest absolute Gasteiger partial charge is 0.121 e. The summed E-state index contributed by atoms with van der Waals surface area (Å²) < 4.78 is 16.1. The number of rotatable bonds is 7. The highest BCUT2D eigenvalue weighted by atomic mass is 35.5. The van der Waals surface area contributed by atoms with E-state index in [2.05, 4.69) is 24.4 Å². The number of halogens is 1. The summed E-state index contributed by atoms with van der Waals surface area (Å²) in [6, 6.07) is 12.2. The Labute approximate surface area is 185 Å². The van der Waals surface area contributed by atoms with Crippen molar-refractivity contribution < 1.29 is 19.3 Å². The number of hydrogen-bond donors (Lipinski definition) is 2. The van der Waals surface area contributed by atoms with Crippen LogP contribution in [0, 0.1) is 13.8 Å². The zero-order chi connectivity index (χ0) is 21.9. The maximum Gasteiger partial charge on any atom is 0.121 e. The van der Waals surface area contributed by atoms with Gasteiger partial charge in [0.2, 0.25) is 0 Å². The van der Waals surface area contributed by atoms with Crippen LogP contribution in [0.3, 0.4) is 0 Å². The Hall–Kier alpha value is -1.79. The first-order valence-corrected chi connectivity index (χ1v) is 10.8. The molecule has 0 aromatic heterocycles. The van der Waals surface area contributed by atoms with Crippen molar-refractivity contribution in [1.82, 2.24) is 5.32 Å². The highest BCUT2D eigenvalue weighted by Crippen LogP contribution is 2.20. The molecule has 2 aromatic rings. The Morgan fingerprint density at radius 2 is 1.67 bits per heavy atom. The molecule has 1 aliphatic rings. The highest BCUT2D eigenvalue weighted by molar-refractivity contribution is 6.18. The molecular formula is C24H34ClNO4. The van der Waals surface area contributed by atoms with Crippen LogP contribution in [-0.2, 0) is 17.6 Å². The molecule has 30 heavy (non-hydrogen) atoms. The second-order valence-corrected chi connectivity index (χ2v) is 7.83. The maximum atomic E-state index is 9.37. The molecule has 3 rings (SSSR count). The van der Waals surface area contributed by atoms with Crippen molar-refractivity contribution in [2.75, 3.05) is 39.8 Å². The van der Waals surface area contributed by atoms with Gasteiger partial charge in [-0.3, -0.25) is 0 Å². The summed E-state index contributed by atoms with van der Waals surface area (Å²) in [6.07, 6.45) is 1.40. The molecule has 5 nitrogen and oxygen atoms in total. The van der Waals surface area contributed by atoms with Gasteiger partial charge in [0.25, 0.3) is 0 Å². The van der Waals surface area contributed by atoms with Gasteiger partial charge in [-0.25, -0.2) is 0 Å². The predicted octanol–water partition coefficient (Wildman–Crippen LogP) is 3.68. The molecule has 0 amide bonds. The topological polar surface area (TPSA) is 60.0 Å². The van der Waals surface area contributed by atoms with Crippen LogP contribution in [0.25, 0.3) is 0 Å². The van der Waals surface area contributed by atoms with E-state index in [1.54, 1.807) is 14.2 Å². The third-order valence-corrected chi connectivity index (χ3v) is 5.39. The second-order valence-electron chi connectivity index (χ2n) is 7.52. The highest BCUT2D eigenvalue weighted by Gasteiger charge is 2.14. The van der Waals surface area contributed by atoms with E-state index >= 15 is 0 Å². The minimum absolute atomic E-state index is 0.269. The van der Waals surface area contributed by atoms with E-state index < -0.39 is 6.10 Å². The van der Waals surface area contributed by atoms with Crippen molar-refractivity contribution in [3.8, 4) is 11.5 Å². The van der Waals surface area contributed by atoms with Gasteiger partial charge >= 0.3 is 0 Å². The number of hydrogen-bond acceptors (Lipinski definition) is 5. The fourth-order valence-corrected chi connectivity index (χ4v) is 3.58. The number of ether oxygens (including phenoxy) is 3. The number of benzene rings is 2. The molecule has 2 atom stereocenters. The number of aryl methyl sites for hydroxylation is 2. The molecule has 2 N–H and O–H groups in total. The number of morpholine rings is 1. The lowest BCUT2D eigenvalue weighted by molar-refractivity contribution is 0.0292. The average molecular weight is 436 g/mol. The summed E-state index contributed by atoms with van der Waals surface area (Å²) in [5.74, 6) is 2.09. The van der Waals surface area contributed by atoms with Crippen molar-refractivity contribution in [2.45, 2.75) is 38.9 Å². The number of aliphatic hydroxyl groups is 1. The van der Waals surface area contributed by atoms with Crippen LogP contribution in [0.15, 0.2) is 36.4 Å². The van der Waals surface area contributed by atoms with Crippen LogP contribution in [0.2, 0.25) is 0 Å². The van der Waals surface area contributed by atoms with Crippen LogP contribution in [0.1, 0.15) is 22.3 Å². The first kappa shape index (κ1) is 24.5. The molecule has 0 unspecified atom stereocenters. The van der Waals surface area contributed by atoms with Crippen LogP contribution in [0.4, 0.5) is 0 Å². The molecule has 1 aliphatic heterocycles. The maximum absolute atomic E-state index is 9.37. The monoisotopic (exact) mass is 435 g/mol. The predicted molar refractivity (Wildman–Crippen MR) is 122 cm³/mol. The van der Waals surface area contributed by atoms with Crippen LogP contribution < -0.4 is 14.8 Å². The van der Waals surface area contributed by atoms with Crippen molar-refractivity contribution in [1.29, 1.82) is 0 Å². The lowest BCUT2D eigenvalue weighted by Crippen LogP contribution is -2.39. The minimum atomic E-state index is -0.468. The Morgan fingerprint density at radius 1 is 1.07 bits per heavy atom. The van der Waals surface area contributed by atoms with E-state index in [1.165, 1.54) is 11.1 Å². The van der Waals surface area contributed by atoms with Gasteiger partial charge in [-0.1, -0.05) is 24.3 Å². The molecule has 0 aliphatic carbocycles. The van der Waals surface area contributed by atoms with E-state index in [1.807, 2.05) is 31.2 Å². The number of nitrogens with one attached hydrogen (secondary N) is 1. The Kier molecular flexibility index (Phi) is 10.4. The van der Waals surface area contributed by atoms with E-state index in [4.69, 9.17) is 25.8 Å². The second kappa shape index (κ2) is 12.8. The summed E-state index contributed by atoms with van der Waals surface area (Å²) in [6.45, 7) is 6.79. The lowest BCUT2D eigenvalue weighted by atomic mass is 10.0. The Morgan fingerprint density at radius 3 is 2.17 bits per heavy atom. The first-order valence-electron chi connectivity index (χ1n) is 10.3. The molecule has 2 aromatic carbocycles. The molecule has 166 valence electrons. The molecule has 6 heteroatoms. The van der Waals surface area contributed by atoms with Gasteiger partial charge in [0.1, 0.15) is 11.5 Å².